The molecule has 8 heteroatoms. The molecule has 0 aromatic heterocycles. The molecule has 2 aromatic rings. The summed E-state index contributed by atoms with van der Waals surface area (Å²) in [6, 6.07) is 8.14. The average Bonchev–Trinajstić information content (AvgIpc) is 2.71. The fourth-order valence-corrected chi connectivity index (χ4v) is 2.92. The third-order valence-corrected chi connectivity index (χ3v) is 4.19. The van der Waals surface area contributed by atoms with E-state index in [1.807, 2.05) is 6.92 Å². The van der Waals surface area contributed by atoms with Gasteiger partial charge in [0.15, 0.2) is 17.2 Å². The van der Waals surface area contributed by atoms with E-state index >= 15 is 0 Å². The highest BCUT2D eigenvalue weighted by Crippen LogP contribution is 2.34. The summed E-state index contributed by atoms with van der Waals surface area (Å²) < 4.78 is 16.2. The Morgan fingerprint density at radius 1 is 1.17 bits per heavy atom. The molecule has 0 heterocycles. The van der Waals surface area contributed by atoms with E-state index in [0.29, 0.717) is 51.6 Å². The largest absolute Gasteiger partial charge is 0.493 e. The van der Waals surface area contributed by atoms with Gasteiger partial charge in [0, 0.05) is 5.56 Å². The van der Waals surface area contributed by atoms with Crippen molar-refractivity contribution in [3.8, 4) is 17.2 Å². The molecular weight excluding hydrogens is 415 g/mol. The van der Waals surface area contributed by atoms with Gasteiger partial charge >= 0.3 is 0 Å². The Balaban J connectivity index is 2.06. The number of ether oxygens (including phenoxy) is 3. The summed E-state index contributed by atoms with van der Waals surface area (Å²) in [6.45, 7) is 6.43. The molecule has 154 valence electrons. The molecule has 0 bridgehead atoms. The highest BCUT2D eigenvalue weighted by Gasteiger charge is 2.11. The first-order valence-corrected chi connectivity index (χ1v) is 9.62. The fourth-order valence-electron chi connectivity index (χ4n) is 2.30. The van der Waals surface area contributed by atoms with Crippen LogP contribution < -0.4 is 19.6 Å². The van der Waals surface area contributed by atoms with Crippen LogP contribution in [0.3, 0.4) is 0 Å². The first-order valence-electron chi connectivity index (χ1n) is 8.87. The zero-order valence-corrected chi connectivity index (χ0v) is 17.7. The van der Waals surface area contributed by atoms with E-state index in [-0.39, 0.29) is 0 Å². The maximum Gasteiger partial charge on any atom is 0.271 e. The Labute approximate surface area is 180 Å². The standard InChI is InChI=1S/C21H22Cl2N2O4/c1-4-8-28-18-7-6-15(12-19(18)27-3)21(26)25-24-13-14-10-16(22)20(17(23)11-14)29-9-5-2/h4,6-7,10-13H,1,5,8-9H2,2-3H3,(H,25,26)/b24-13+. The van der Waals surface area contributed by atoms with Crippen LogP contribution in [0.15, 0.2) is 48.1 Å². The van der Waals surface area contributed by atoms with Crippen LogP contribution in [-0.4, -0.2) is 32.4 Å². The monoisotopic (exact) mass is 436 g/mol. The van der Waals surface area contributed by atoms with Crippen molar-refractivity contribution < 1.29 is 19.0 Å². The minimum absolute atomic E-state index is 0.333. The lowest BCUT2D eigenvalue weighted by atomic mass is 10.2. The molecule has 0 fully saturated rings. The van der Waals surface area contributed by atoms with E-state index in [0.717, 1.165) is 6.42 Å². The van der Waals surface area contributed by atoms with E-state index in [9.17, 15) is 4.79 Å². The number of amides is 1. The minimum atomic E-state index is -0.407. The number of carbonyl (C=O) groups is 1. The van der Waals surface area contributed by atoms with Gasteiger partial charge in [-0.15, -0.1) is 0 Å². The molecular formula is C21H22Cl2N2O4. The quantitative estimate of drug-likeness (QED) is 0.318. The minimum Gasteiger partial charge on any atom is -0.493 e. The summed E-state index contributed by atoms with van der Waals surface area (Å²) in [5.41, 5.74) is 3.44. The van der Waals surface area contributed by atoms with Gasteiger partial charge in [-0.1, -0.05) is 42.8 Å². The van der Waals surface area contributed by atoms with Crippen molar-refractivity contribution in [1.82, 2.24) is 5.43 Å². The van der Waals surface area contributed by atoms with E-state index < -0.39 is 5.91 Å². The number of nitrogens with one attached hydrogen (secondary N) is 1. The second kappa shape index (κ2) is 11.3. The molecule has 0 unspecified atom stereocenters. The molecule has 0 aliphatic carbocycles. The van der Waals surface area contributed by atoms with Gasteiger partial charge in [0.1, 0.15) is 6.61 Å². The van der Waals surface area contributed by atoms with Gasteiger partial charge in [-0.25, -0.2) is 5.43 Å². The molecule has 29 heavy (non-hydrogen) atoms. The number of carbonyl (C=O) groups excluding carboxylic acids is 1. The molecule has 6 nitrogen and oxygen atoms in total. The summed E-state index contributed by atoms with van der Waals surface area (Å²) in [5, 5.41) is 4.70. The summed E-state index contributed by atoms with van der Waals surface area (Å²) in [6.07, 6.45) is 3.90. The van der Waals surface area contributed by atoms with Gasteiger partial charge in [0.05, 0.1) is 30.0 Å². The average molecular weight is 437 g/mol. The van der Waals surface area contributed by atoms with Crippen LogP contribution in [-0.2, 0) is 0 Å². The van der Waals surface area contributed by atoms with E-state index in [4.69, 9.17) is 37.4 Å². The Morgan fingerprint density at radius 3 is 2.52 bits per heavy atom. The molecule has 2 aromatic carbocycles. The van der Waals surface area contributed by atoms with Gasteiger partial charge in [0.2, 0.25) is 0 Å². The van der Waals surface area contributed by atoms with Crippen LogP contribution in [0.25, 0.3) is 0 Å². The van der Waals surface area contributed by atoms with E-state index in [2.05, 4.69) is 17.1 Å². The Hall–Kier alpha value is -2.70. The normalized spacial score (nSPS) is 10.6. The summed E-state index contributed by atoms with van der Waals surface area (Å²) in [5.74, 6) is 0.976. The lowest BCUT2D eigenvalue weighted by Gasteiger charge is -2.10. The number of benzene rings is 2. The molecule has 0 radical (unpaired) electrons. The number of rotatable bonds is 10. The SMILES string of the molecule is C=CCOc1ccc(C(=O)N/N=C/c2cc(Cl)c(OCCC)c(Cl)c2)cc1OC. The first-order chi connectivity index (χ1) is 14.0. The second-order valence-corrected chi connectivity index (χ2v) is 6.64. The molecule has 1 amide bonds. The van der Waals surface area contributed by atoms with E-state index in [1.165, 1.54) is 13.3 Å². The topological polar surface area (TPSA) is 69.2 Å². The predicted molar refractivity (Wildman–Crippen MR) is 116 cm³/mol. The zero-order chi connectivity index (χ0) is 21.2. The van der Waals surface area contributed by atoms with E-state index in [1.54, 1.807) is 36.4 Å². The number of hydrogen-bond acceptors (Lipinski definition) is 5. The van der Waals surface area contributed by atoms with Gasteiger partial charge in [-0.2, -0.15) is 5.10 Å². The lowest BCUT2D eigenvalue weighted by molar-refractivity contribution is 0.0954. The van der Waals surface area contributed by atoms with Crippen molar-refractivity contribution >= 4 is 35.3 Å². The summed E-state index contributed by atoms with van der Waals surface area (Å²) >= 11 is 12.4. The Morgan fingerprint density at radius 2 is 1.90 bits per heavy atom. The van der Waals surface area contributed by atoms with Crippen molar-refractivity contribution in [2.45, 2.75) is 13.3 Å². The van der Waals surface area contributed by atoms with Crippen LogP contribution in [0, 0.1) is 0 Å². The Bertz CT molecular complexity index is 877. The van der Waals surface area contributed by atoms with Gasteiger partial charge in [-0.3, -0.25) is 4.79 Å². The highest BCUT2D eigenvalue weighted by molar-refractivity contribution is 6.37. The first kappa shape index (κ1) is 22.6. The highest BCUT2D eigenvalue weighted by atomic mass is 35.5. The molecule has 0 aliphatic heterocycles. The molecule has 0 saturated heterocycles. The molecule has 0 atom stereocenters. The zero-order valence-electron chi connectivity index (χ0n) is 16.2. The number of hydrogen-bond donors (Lipinski definition) is 1. The van der Waals surface area contributed by atoms with Crippen molar-refractivity contribution in [2.75, 3.05) is 20.3 Å². The molecule has 0 saturated carbocycles. The van der Waals surface area contributed by atoms with Crippen molar-refractivity contribution in [3.63, 3.8) is 0 Å². The number of nitrogens with zero attached hydrogens (tertiary/aromatic N) is 1. The smallest absolute Gasteiger partial charge is 0.271 e. The predicted octanol–water partition coefficient (Wildman–Crippen LogP) is 5.12. The third kappa shape index (κ3) is 6.41. The maximum atomic E-state index is 12.3. The van der Waals surface area contributed by atoms with Crippen LogP contribution in [0.4, 0.5) is 0 Å². The molecule has 2 rings (SSSR count). The Kier molecular flexibility index (Phi) is 8.83. The fraction of sp³-hybridized carbons (Fsp3) is 0.238. The van der Waals surface area contributed by atoms with Crippen molar-refractivity contribution in [2.24, 2.45) is 5.10 Å². The molecule has 1 N–H and O–H groups in total. The summed E-state index contributed by atoms with van der Waals surface area (Å²) in [7, 11) is 1.50. The van der Waals surface area contributed by atoms with Crippen LogP contribution >= 0.6 is 23.2 Å². The maximum absolute atomic E-state index is 12.3. The van der Waals surface area contributed by atoms with Gasteiger partial charge in [-0.05, 0) is 42.3 Å². The molecule has 0 spiro atoms. The third-order valence-electron chi connectivity index (χ3n) is 3.63. The van der Waals surface area contributed by atoms with Crippen LogP contribution in [0.2, 0.25) is 10.0 Å². The molecule has 0 aliphatic rings. The number of methoxy groups -OCH3 is 1. The van der Waals surface area contributed by atoms with Crippen molar-refractivity contribution in [3.05, 3.63) is 64.2 Å². The van der Waals surface area contributed by atoms with Gasteiger partial charge < -0.3 is 14.2 Å². The van der Waals surface area contributed by atoms with Crippen LogP contribution in [0.1, 0.15) is 29.3 Å². The van der Waals surface area contributed by atoms with Crippen LogP contribution in [0.5, 0.6) is 17.2 Å². The summed E-state index contributed by atoms with van der Waals surface area (Å²) in [4.78, 5) is 12.3. The number of hydrazone groups is 1. The van der Waals surface area contributed by atoms with Gasteiger partial charge in [0.25, 0.3) is 5.91 Å². The second-order valence-electron chi connectivity index (χ2n) is 5.83. The lowest BCUT2D eigenvalue weighted by Crippen LogP contribution is -2.17. The number of halogens is 2. The van der Waals surface area contributed by atoms with Crippen molar-refractivity contribution in [1.29, 1.82) is 0 Å².